The molecule has 1 aromatic carbocycles. The van der Waals surface area contributed by atoms with Crippen molar-refractivity contribution in [3.8, 4) is 0 Å². The largest absolute Gasteiger partial charge is 0.394 e. The summed E-state index contributed by atoms with van der Waals surface area (Å²) in [6.07, 6.45) is 12.5. The topological polar surface area (TPSA) is 70.6 Å². The number of aromatic nitrogens is 2. The summed E-state index contributed by atoms with van der Waals surface area (Å²) in [6, 6.07) is 8.06. The quantitative estimate of drug-likeness (QED) is 0.719. The van der Waals surface area contributed by atoms with E-state index in [9.17, 15) is 15.0 Å². The summed E-state index contributed by atoms with van der Waals surface area (Å²) >= 11 is 0. The third-order valence-corrected chi connectivity index (χ3v) is 8.82. The van der Waals surface area contributed by atoms with Crippen LogP contribution in [0, 0.1) is 11.3 Å². The maximum atomic E-state index is 13.3. The normalized spacial score (nSPS) is 25.6. The predicted molar refractivity (Wildman–Crippen MR) is 127 cm³/mol. The van der Waals surface area contributed by atoms with Crippen LogP contribution in [0.2, 0.25) is 0 Å². The number of hydrogen-bond donors (Lipinski definition) is 2. The molecule has 176 valence electrons. The van der Waals surface area contributed by atoms with Gasteiger partial charge in [-0.05, 0) is 62.0 Å². The molecule has 2 atom stereocenters. The van der Waals surface area contributed by atoms with Crippen molar-refractivity contribution in [1.29, 1.82) is 0 Å². The zero-order valence-electron chi connectivity index (χ0n) is 19.3. The van der Waals surface area contributed by atoms with Gasteiger partial charge in [-0.25, -0.2) is 4.79 Å². The molecular formula is C26H39N3O3. The summed E-state index contributed by atoms with van der Waals surface area (Å²) in [7, 11) is 0. The zero-order valence-corrected chi connectivity index (χ0v) is 19.3. The molecular weight excluding hydrogens is 402 g/mol. The molecule has 0 radical (unpaired) electrons. The molecule has 1 spiro atoms. The van der Waals surface area contributed by atoms with Crippen molar-refractivity contribution in [2.24, 2.45) is 11.3 Å². The van der Waals surface area contributed by atoms with Crippen LogP contribution in [0.4, 0.5) is 0 Å². The SMILES string of the molecule is O=c1n(C[C@H](O)CO)c2ccccc2n1C1CCN(C[C@@H]2CCCCC23CCCC3)CC1. The highest BCUT2D eigenvalue weighted by atomic mass is 16.3. The van der Waals surface area contributed by atoms with E-state index in [4.69, 9.17) is 0 Å². The Kier molecular flexibility index (Phi) is 6.46. The first-order valence-electron chi connectivity index (χ1n) is 12.8. The van der Waals surface area contributed by atoms with Crippen molar-refractivity contribution in [3.05, 3.63) is 34.7 Å². The van der Waals surface area contributed by atoms with E-state index in [1.807, 2.05) is 28.8 Å². The van der Waals surface area contributed by atoms with Gasteiger partial charge in [0.1, 0.15) is 0 Å². The number of hydrogen-bond acceptors (Lipinski definition) is 4. The van der Waals surface area contributed by atoms with Gasteiger partial charge in [0.2, 0.25) is 0 Å². The average Bonchev–Trinajstić information content (AvgIpc) is 3.39. The summed E-state index contributed by atoms with van der Waals surface area (Å²) in [6.45, 7) is 3.15. The monoisotopic (exact) mass is 441 g/mol. The minimum Gasteiger partial charge on any atom is -0.394 e. The Bertz CT molecular complexity index is 966. The van der Waals surface area contributed by atoms with Gasteiger partial charge in [-0.3, -0.25) is 9.13 Å². The number of imidazole rings is 1. The summed E-state index contributed by atoms with van der Waals surface area (Å²) in [5.41, 5.74) is 2.36. The molecule has 0 bridgehead atoms. The van der Waals surface area contributed by atoms with E-state index in [1.54, 1.807) is 4.57 Å². The molecule has 1 saturated heterocycles. The Morgan fingerprint density at radius 3 is 2.31 bits per heavy atom. The zero-order chi connectivity index (χ0) is 22.1. The van der Waals surface area contributed by atoms with Gasteiger partial charge in [-0.2, -0.15) is 0 Å². The fraction of sp³-hybridized carbons (Fsp3) is 0.731. The number of piperidine rings is 1. The summed E-state index contributed by atoms with van der Waals surface area (Å²) in [5, 5.41) is 19.2. The third-order valence-electron chi connectivity index (χ3n) is 8.82. The Labute approximate surface area is 190 Å². The van der Waals surface area contributed by atoms with Crippen molar-refractivity contribution < 1.29 is 10.2 Å². The molecule has 1 aromatic heterocycles. The first kappa shape index (κ1) is 22.2. The number of rotatable bonds is 6. The molecule has 6 heteroatoms. The van der Waals surface area contributed by atoms with Crippen LogP contribution in [0.1, 0.15) is 70.3 Å². The molecule has 0 amide bonds. The van der Waals surface area contributed by atoms with Crippen molar-refractivity contribution in [3.63, 3.8) is 0 Å². The second-order valence-electron chi connectivity index (χ2n) is 10.6. The van der Waals surface area contributed by atoms with E-state index in [0.717, 1.165) is 42.9 Å². The average molecular weight is 442 g/mol. The van der Waals surface area contributed by atoms with Gasteiger partial charge in [0.25, 0.3) is 0 Å². The lowest BCUT2D eigenvalue weighted by Gasteiger charge is -2.45. The van der Waals surface area contributed by atoms with Gasteiger partial charge in [0.05, 0.1) is 30.3 Å². The Balaban J connectivity index is 1.30. The summed E-state index contributed by atoms with van der Waals surface area (Å²) in [4.78, 5) is 16.0. The van der Waals surface area contributed by atoms with E-state index in [2.05, 4.69) is 4.90 Å². The molecule has 2 heterocycles. The highest BCUT2D eigenvalue weighted by Crippen LogP contribution is 2.52. The van der Waals surface area contributed by atoms with Crippen molar-refractivity contribution in [2.75, 3.05) is 26.2 Å². The molecule has 3 aliphatic rings. The standard InChI is InChI=1S/C26H39N3O3/c30-19-22(31)18-28-23-8-1-2-9-24(23)29(25(28)32)21-10-15-27(16-11-21)17-20-7-3-4-12-26(20)13-5-6-14-26/h1-2,8-9,20-22,30-31H,3-7,10-19H2/t20-,22-/m0/s1. The molecule has 32 heavy (non-hydrogen) atoms. The molecule has 3 fully saturated rings. The van der Waals surface area contributed by atoms with Crippen LogP contribution in [0.15, 0.2) is 29.1 Å². The highest BCUT2D eigenvalue weighted by molar-refractivity contribution is 5.76. The Morgan fingerprint density at radius 2 is 1.62 bits per heavy atom. The van der Waals surface area contributed by atoms with E-state index in [0.29, 0.717) is 5.41 Å². The molecule has 2 saturated carbocycles. The van der Waals surface area contributed by atoms with Gasteiger partial charge < -0.3 is 15.1 Å². The molecule has 2 aliphatic carbocycles. The maximum Gasteiger partial charge on any atom is 0.329 e. The van der Waals surface area contributed by atoms with Crippen molar-refractivity contribution in [1.82, 2.24) is 14.0 Å². The molecule has 5 rings (SSSR count). The lowest BCUT2D eigenvalue weighted by atomic mass is 9.65. The number of fused-ring (bicyclic) bond motifs is 1. The van der Waals surface area contributed by atoms with Gasteiger partial charge in [0, 0.05) is 25.7 Å². The van der Waals surface area contributed by atoms with E-state index >= 15 is 0 Å². The summed E-state index contributed by atoms with van der Waals surface area (Å²) in [5.74, 6) is 0.861. The minimum absolute atomic E-state index is 0.0608. The van der Waals surface area contributed by atoms with Crippen LogP contribution in [-0.4, -0.2) is 56.6 Å². The van der Waals surface area contributed by atoms with Gasteiger partial charge in [-0.15, -0.1) is 0 Å². The fourth-order valence-corrected chi connectivity index (χ4v) is 7.10. The number of nitrogens with zero attached hydrogens (tertiary/aromatic N) is 3. The van der Waals surface area contributed by atoms with Crippen LogP contribution < -0.4 is 5.69 Å². The van der Waals surface area contributed by atoms with Crippen LogP contribution in [0.5, 0.6) is 0 Å². The highest BCUT2D eigenvalue weighted by Gasteiger charge is 2.43. The predicted octanol–water partition coefficient (Wildman–Crippen LogP) is 3.54. The number of likely N-dealkylation sites (tertiary alicyclic amines) is 1. The Morgan fingerprint density at radius 1 is 0.969 bits per heavy atom. The van der Waals surface area contributed by atoms with E-state index in [-0.39, 0.29) is 24.9 Å². The molecule has 2 N–H and O–H groups in total. The lowest BCUT2D eigenvalue weighted by Crippen LogP contribution is -2.44. The first-order valence-corrected chi connectivity index (χ1v) is 12.8. The van der Waals surface area contributed by atoms with Gasteiger partial charge >= 0.3 is 5.69 Å². The maximum absolute atomic E-state index is 13.3. The van der Waals surface area contributed by atoms with Gasteiger partial charge in [-0.1, -0.05) is 37.8 Å². The summed E-state index contributed by atoms with van der Waals surface area (Å²) < 4.78 is 3.59. The molecule has 6 nitrogen and oxygen atoms in total. The van der Waals surface area contributed by atoms with Crippen LogP contribution in [-0.2, 0) is 6.54 Å². The number of para-hydroxylation sites is 2. The smallest absolute Gasteiger partial charge is 0.329 e. The number of aliphatic hydroxyl groups is 2. The number of benzene rings is 1. The number of aliphatic hydroxyl groups excluding tert-OH is 2. The van der Waals surface area contributed by atoms with Crippen molar-refractivity contribution in [2.45, 2.75) is 82.9 Å². The second-order valence-corrected chi connectivity index (χ2v) is 10.6. The minimum atomic E-state index is -0.924. The lowest BCUT2D eigenvalue weighted by molar-refractivity contribution is 0.0513. The van der Waals surface area contributed by atoms with Crippen molar-refractivity contribution >= 4 is 11.0 Å². The first-order chi connectivity index (χ1) is 15.6. The van der Waals surface area contributed by atoms with Crippen LogP contribution in [0.25, 0.3) is 11.0 Å². The third kappa shape index (κ3) is 4.06. The van der Waals surface area contributed by atoms with E-state index in [1.165, 1.54) is 57.9 Å². The van der Waals surface area contributed by atoms with Crippen LogP contribution >= 0.6 is 0 Å². The molecule has 1 aliphatic heterocycles. The Hall–Kier alpha value is -1.63. The van der Waals surface area contributed by atoms with E-state index < -0.39 is 6.10 Å². The second kappa shape index (κ2) is 9.32. The fourth-order valence-electron chi connectivity index (χ4n) is 7.10. The molecule has 2 aromatic rings. The van der Waals surface area contributed by atoms with Crippen LogP contribution in [0.3, 0.4) is 0 Å². The molecule has 0 unspecified atom stereocenters. The van der Waals surface area contributed by atoms with Gasteiger partial charge in [0.15, 0.2) is 0 Å².